The number of amides is 1. The summed E-state index contributed by atoms with van der Waals surface area (Å²) in [5.74, 6) is -0.259. The van der Waals surface area contributed by atoms with Gasteiger partial charge in [-0.2, -0.15) is 5.26 Å². The number of furan rings is 1. The van der Waals surface area contributed by atoms with E-state index in [1.165, 1.54) is 29.4 Å². The molecule has 37 heavy (non-hydrogen) atoms. The zero-order valence-electron chi connectivity index (χ0n) is 19.0. The van der Waals surface area contributed by atoms with Gasteiger partial charge in [0.2, 0.25) is 11.0 Å². The van der Waals surface area contributed by atoms with E-state index in [0.29, 0.717) is 61.5 Å². The van der Waals surface area contributed by atoms with Gasteiger partial charge in [0.1, 0.15) is 11.6 Å². The zero-order chi connectivity index (χ0) is 26.1. The predicted octanol–water partition coefficient (Wildman–Crippen LogP) is 5.47. The van der Waals surface area contributed by atoms with Crippen LogP contribution in [0.15, 0.2) is 68.0 Å². The Labute approximate surface area is 229 Å². The number of allylic oxidation sites excluding steroid dienone is 3. The van der Waals surface area contributed by atoms with E-state index in [1.807, 2.05) is 0 Å². The fraction of sp³-hybridized carbons (Fsp3) is 0.208. The smallest absolute Gasteiger partial charge is 0.234 e. The Bertz CT molecular complexity index is 1490. The normalized spacial score (nSPS) is 17.6. The zero-order valence-corrected chi connectivity index (χ0v) is 22.2. The van der Waals surface area contributed by atoms with E-state index in [2.05, 4.69) is 21.6 Å². The number of carbonyl (C=O) groups excluding carboxylic acids is 2. The monoisotopic (exact) mass is 572 g/mol. The SMILES string of the molecule is N#CC1=C(N)N(c2nnc(SCC(=O)Nc3ccc(Cl)cc3Cl)s2)C2=C(C(=O)CCC2)C1c1ccco1. The summed E-state index contributed by atoms with van der Waals surface area (Å²) in [6.45, 7) is 0. The minimum absolute atomic E-state index is 0.0513. The number of carbonyl (C=O) groups is 2. The molecular formula is C24H18Cl2N6O3S2. The van der Waals surface area contributed by atoms with Crippen molar-refractivity contribution in [3.05, 3.63) is 75.1 Å². The Kier molecular flexibility index (Phi) is 7.26. The molecule has 1 unspecified atom stereocenters. The van der Waals surface area contributed by atoms with Gasteiger partial charge >= 0.3 is 0 Å². The van der Waals surface area contributed by atoms with Crippen molar-refractivity contribution in [2.24, 2.45) is 5.73 Å². The van der Waals surface area contributed by atoms with E-state index in [9.17, 15) is 14.9 Å². The lowest BCUT2D eigenvalue weighted by Crippen LogP contribution is -2.38. The molecule has 1 amide bonds. The molecule has 0 saturated heterocycles. The van der Waals surface area contributed by atoms with Crippen molar-refractivity contribution in [3.63, 3.8) is 0 Å². The molecule has 9 nitrogen and oxygen atoms in total. The number of benzene rings is 1. The number of nitriles is 1. The molecule has 0 radical (unpaired) electrons. The highest BCUT2D eigenvalue weighted by Gasteiger charge is 2.42. The summed E-state index contributed by atoms with van der Waals surface area (Å²) < 4.78 is 6.10. The van der Waals surface area contributed by atoms with Crippen molar-refractivity contribution in [2.45, 2.75) is 29.5 Å². The van der Waals surface area contributed by atoms with Crippen molar-refractivity contribution in [3.8, 4) is 6.07 Å². The summed E-state index contributed by atoms with van der Waals surface area (Å²) in [5, 5.41) is 22.4. The first-order valence-corrected chi connectivity index (χ1v) is 13.6. The Morgan fingerprint density at radius 1 is 1.32 bits per heavy atom. The van der Waals surface area contributed by atoms with Crippen molar-refractivity contribution in [2.75, 3.05) is 16.0 Å². The van der Waals surface area contributed by atoms with Crippen molar-refractivity contribution in [1.29, 1.82) is 5.26 Å². The number of hydrogen-bond acceptors (Lipinski definition) is 10. The summed E-state index contributed by atoms with van der Waals surface area (Å²) in [7, 11) is 0. The van der Waals surface area contributed by atoms with Crippen LogP contribution in [0.2, 0.25) is 10.0 Å². The number of nitrogens with zero attached hydrogens (tertiary/aromatic N) is 4. The Hall–Kier alpha value is -3.30. The van der Waals surface area contributed by atoms with Gasteiger partial charge in [-0.3, -0.25) is 14.5 Å². The van der Waals surface area contributed by atoms with E-state index >= 15 is 0 Å². The number of rotatable bonds is 6. The molecule has 13 heteroatoms. The molecule has 0 spiro atoms. The van der Waals surface area contributed by atoms with Gasteiger partial charge in [0.15, 0.2) is 10.1 Å². The first-order valence-electron chi connectivity index (χ1n) is 11.1. The van der Waals surface area contributed by atoms with E-state index in [1.54, 1.807) is 35.2 Å². The molecule has 1 aromatic carbocycles. The minimum atomic E-state index is -0.663. The van der Waals surface area contributed by atoms with E-state index in [4.69, 9.17) is 33.4 Å². The maximum Gasteiger partial charge on any atom is 0.234 e. The number of ketones is 1. The van der Waals surface area contributed by atoms with Crippen LogP contribution in [0.4, 0.5) is 10.8 Å². The average Bonchev–Trinajstić information content (AvgIpc) is 3.56. The Balaban J connectivity index is 1.39. The highest BCUT2D eigenvalue weighted by molar-refractivity contribution is 8.01. The summed E-state index contributed by atoms with van der Waals surface area (Å²) in [6, 6.07) is 10.4. The number of Topliss-reactive ketones (excluding diaryl/α,β-unsaturated/α-hetero) is 1. The summed E-state index contributed by atoms with van der Waals surface area (Å²) >= 11 is 14.4. The van der Waals surface area contributed by atoms with Crippen LogP contribution in [-0.2, 0) is 9.59 Å². The molecule has 3 heterocycles. The van der Waals surface area contributed by atoms with E-state index in [-0.39, 0.29) is 28.8 Å². The second-order valence-corrected chi connectivity index (χ2v) is 11.2. The lowest BCUT2D eigenvalue weighted by Gasteiger charge is -2.37. The third-order valence-electron chi connectivity index (χ3n) is 5.86. The molecule has 2 aliphatic rings. The largest absolute Gasteiger partial charge is 0.468 e. The fourth-order valence-corrected chi connectivity index (χ4v) is 6.44. The first-order chi connectivity index (χ1) is 17.9. The van der Waals surface area contributed by atoms with Crippen LogP contribution in [0, 0.1) is 11.3 Å². The van der Waals surface area contributed by atoms with Crippen LogP contribution in [0.25, 0.3) is 0 Å². The molecule has 1 aliphatic heterocycles. The lowest BCUT2D eigenvalue weighted by molar-refractivity contribution is -0.116. The number of hydrogen-bond donors (Lipinski definition) is 2. The van der Waals surface area contributed by atoms with Gasteiger partial charge in [0.25, 0.3) is 0 Å². The number of nitrogens with two attached hydrogens (primary N) is 1. The minimum Gasteiger partial charge on any atom is -0.468 e. The molecule has 1 aliphatic carbocycles. The summed E-state index contributed by atoms with van der Waals surface area (Å²) in [6.07, 6.45) is 3.13. The molecule has 0 saturated carbocycles. The van der Waals surface area contributed by atoms with Gasteiger partial charge in [0, 0.05) is 22.7 Å². The quantitative estimate of drug-likeness (QED) is 0.368. The van der Waals surface area contributed by atoms with Gasteiger partial charge in [0.05, 0.1) is 40.3 Å². The van der Waals surface area contributed by atoms with Crippen LogP contribution in [0.1, 0.15) is 30.9 Å². The van der Waals surface area contributed by atoms with Gasteiger partial charge in [-0.1, -0.05) is 46.3 Å². The standard InChI is InChI=1S/C24H18Cl2N6O3S2/c25-12-6-7-15(14(26)9-12)29-19(34)11-36-24-31-30-23(37-24)32-16-3-1-4-17(33)21(16)20(13(10-27)22(32)28)18-5-2-8-35-18/h2,5-9,20H,1,3-4,11,28H2,(H,29,34). The number of aromatic nitrogens is 2. The first kappa shape index (κ1) is 25.4. The Morgan fingerprint density at radius 3 is 2.89 bits per heavy atom. The molecule has 3 aromatic rings. The second kappa shape index (κ2) is 10.6. The topological polar surface area (TPSA) is 138 Å². The lowest BCUT2D eigenvalue weighted by atomic mass is 9.78. The molecule has 2 aromatic heterocycles. The molecule has 0 bridgehead atoms. The summed E-state index contributed by atoms with van der Waals surface area (Å²) in [4.78, 5) is 27.1. The summed E-state index contributed by atoms with van der Waals surface area (Å²) in [5.41, 5.74) is 8.36. The second-order valence-electron chi connectivity index (χ2n) is 8.14. The third kappa shape index (κ3) is 4.98. The molecule has 3 N–H and O–H groups in total. The van der Waals surface area contributed by atoms with E-state index in [0.717, 1.165) is 0 Å². The van der Waals surface area contributed by atoms with Crippen LogP contribution < -0.4 is 16.0 Å². The van der Waals surface area contributed by atoms with Gasteiger partial charge in [-0.15, -0.1) is 10.2 Å². The number of thioether (sulfide) groups is 1. The molecular weight excluding hydrogens is 555 g/mol. The highest BCUT2D eigenvalue weighted by Crippen LogP contribution is 2.47. The van der Waals surface area contributed by atoms with Gasteiger partial charge in [-0.25, -0.2) is 0 Å². The van der Waals surface area contributed by atoms with Crippen LogP contribution >= 0.6 is 46.3 Å². The molecule has 5 rings (SSSR count). The Morgan fingerprint density at radius 2 is 2.16 bits per heavy atom. The number of anilines is 2. The highest BCUT2D eigenvalue weighted by atomic mass is 35.5. The van der Waals surface area contributed by atoms with Gasteiger partial charge in [-0.05, 0) is 43.2 Å². The average molecular weight is 573 g/mol. The van der Waals surface area contributed by atoms with Crippen molar-refractivity contribution < 1.29 is 14.0 Å². The predicted molar refractivity (Wildman–Crippen MR) is 142 cm³/mol. The van der Waals surface area contributed by atoms with Crippen molar-refractivity contribution >= 4 is 68.8 Å². The maximum absolute atomic E-state index is 13.1. The van der Waals surface area contributed by atoms with Crippen molar-refractivity contribution in [1.82, 2.24) is 10.2 Å². The third-order valence-corrected chi connectivity index (χ3v) is 8.45. The molecule has 1 atom stereocenters. The van der Waals surface area contributed by atoms with Crippen LogP contribution in [0.3, 0.4) is 0 Å². The molecule has 188 valence electrons. The van der Waals surface area contributed by atoms with Crippen LogP contribution in [-0.4, -0.2) is 27.6 Å². The fourth-order valence-electron chi connectivity index (χ4n) is 4.30. The maximum atomic E-state index is 13.1. The number of halogens is 2. The van der Waals surface area contributed by atoms with Crippen LogP contribution in [0.5, 0.6) is 0 Å². The number of nitrogens with one attached hydrogen (secondary N) is 1. The molecule has 0 fully saturated rings. The van der Waals surface area contributed by atoms with E-state index < -0.39 is 5.92 Å². The van der Waals surface area contributed by atoms with Gasteiger partial charge < -0.3 is 15.5 Å².